The third kappa shape index (κ3) is 37.1. The molecule has 51 heavy (non-hydrogen) atoms. The number of phosphoric acid groups is 1. The Hall–Kier alpha value is -1.02. The van der Waals surface area contributed by atoms with Gasteiger partial charge >= 0.3 is 7.82 Å². The minimum Gasteiger partial charge on any atom is -0.387 e. The number of amides is 1. The summed E-state index contributed by atoms with van der Waals surface area (Å²) in [5.74, 6) is -0.188. The maximum absolute atomic E-state index is 12.8. The minimum absolute atomic E-state index is 0.0608. The second-order valence-electron chi connectivity index (χ2n) is 15.7. The molecule has 9 heteroatoms. The molecule has 0 aliphatic carbocycles. The Morgan fingerprint density at radius 3 is 1.55 bits per heavy atom. The maximum Gasteiger partial charge on any atom is 0.472 e. The topological polar surface area (TPSA) is 105 Å². The van der Waals surface area contributed by atoms with E-state index in [0.717, 1.165) is 51.4 Å². The number of rotatable bonds is 38. The summed E-state index contributed by atoms with van der Waals surface area (Å²) in [5, 5.41) is 13.8. The van der Waals surface area contributed by atoms with Crippen molar-refractivity contribution in [2.24, 2.45) is 0 Å². The lowest BCUT2D eigenvalue weighted by molar-refractivity contribution is -0.870. The van der Waals surface area contributed by atoms with E-state index < -0.39 is 20.0 Å². The van der Waals surface area contributed by atoms with Crippen molar-refractivity contribution in [1.82, 2.24) is 5.32 Å². The van der Waals surface area contributed by atoms with Crippen LogP contribution in [-0.4, -0.2) is 73.4 Å². The fourth-order valence-electron chi connectivity index (χ4n) is 5.98. The Kier molecular flexibility index (Phi) is 34.0. The lowest BCUT2D eigenvalue weighted by atomic mass is 10.0. The van der Waals surface area contributed by atoms with Crippen molar-refractivity contribution in [2.75, 3.05) is 40.9 Å². The van der Waals surface area contributed by atoms with E-state index in [1.54, 1.807) is 6.08 Å². The minimum atomic E-state index is -4.33. The van der Waals surface area contributed by atoms with Crippen LogP contribution in [0.3, 0.4) is 0 Å². The first-order chi connectivity index (χ1) is 24.5. The summed E-state index contributed by atoms with van der Waals surface area (Å²) >= 11 is 0. The molecule has 302 valence electrons. The zero-order valence-electron chi connectivity index (χ0n) is 34.1. The molecule has 0 heterocycles. The van der Waals surface area contributed by atoms with Crippen LogP contribution in [0.5, 0.6) is 0 Å². The largest absolute Gasteiger partial charge is 0.472 e. The molecule has 0 saturated heterocycles. The predicted molar refractivity (Wildman–Crippen MR) is 217 cm³/mol. The molecule has 8 nitrogen and oxygen atoms in total. The summed E-state index contributed by atoms with van der Waals surface area (Å²) in [6, 6.07) is -0.846. The Bertz CT molecular complexity index is 891. The predicted octanol–water partition coefficient (Wildman–Crippen LogP) is 11.4. The fraction of sp³-hybridized carbons (Fsp3) is 0.881. The van der Waals surface area contributed by atoms with E-state index in [1.807, 2.05) is 27.2 Å². The summed E-state index contributed by atoms with van der Waals surface area (Å²) < 4.78 is 23.5. The summed E-state index contributed by atoms with van der Waals surface area (Å²) in [5.41, 5.74) is 0. The fourth-order valence-corrected chi connectivity index (χ4v) is 6.71. The Morgan fingerprint density at radius 2 is 1.06 bits per heavy atom. The van der Waals surface area contributed by atoms with Gasteiger partial charge < -0.3 is 19.8 Å². The second-order valence-corrected chi connectivity index (χ2v) is 17.2. The SMILES string of the molecule is CCCCC/C=C\CCCCCCCC(=O)NC(COP(=O)(O)OCC[N+](C)(C)C)C(O)/C=C/CCCCCCCCCCCCCCCCC. The van der Waals surface area contributed by atoms with Crippen molar-refractivity contribution in [3.05, 3.63) is 24.3 Å². The molecule has 3 unspecified atom stereocenters. The number of hydrogen-bond acceptors (Lipinski definition) is 5. The van der Waals surface area contributed by atoms with Crippen LogP contribution in [0.1, 0.15) is 187 Å². The molecule has 3 atom stereocenters. The number of phosphoric ester groups is 1. The van der Waals surface area contributed by atoms with Crippen LogP contribution < -0.4 is 5.32 Å². The zero-order valence-corrected chi connectivity index (χ0v) is 35.0. The summed E-state index contributed by atoms with van der Waals surface area (Å²) in [4.78, 5) is 23.0. The molecule has 0 bridgehead atoms. The Morgan fingerprint density at radius 1 is 0.647 bits per heavy atom. The van der Waals surface area contributed by atoms with Gasteiger partial charge in [0.2, 0.25) is 5.91 Å². The molecule has 1 amide bonds. The van der Waals surface area contributed by atoms with E-state index in [4.69, 9.17) is 9.05 Å². The Labute approximate surface area is 315 Å². The van der Waals surface area contributed by atoms with Gasteiger partial charge in [-0.05, 0) is 44.9 Å². The van der Waals surface area contributed by atoms with E-state index in [2.05, 4.69) is 31.3 Å². The molecule has 3 N–H and O–H groups in total. The number of aliphatic hydroxyl groups excluding tert-OH is 1. The highest BCUT2D eigenvalue weighted by Gasteiger charge is 2.27. The second kappa shape index (κ2) is 34.7. The number of nitrogens with zero attached hydrogens (tertiary/aromatic N) is 1. The van der Waals surface area contributed by atoms with Gasteiger partial charge in [-0.25, -0.2) is 4.57 Å². The van der Waals surface area contributed by atoms with Crippen LogP contribution in [0.25, 0.3) is 0 Å². The van der Waals surface area contributed by atoms with E-state index in [-0.39, 0.29) is 19.1 Å². The van der Waals surface area contributed by atoms with Gasteiger partial charge in [0.1, 0.15) is 13.2 Å². The van der Waals surface area contributed by atoms with Gasteiger partial charge in [0, 0.05) is 6.42 Å². The van der Waals surface area contributed by atoms with Crippen LogP contribution in [0, 0.1) is 0 Å². The lowest BCUT2D eigenvalue weighted by Crippen LogP contribution is -2.45. The Balaban J connectivity index is 4.46. The van der Waals surface area contributed by atoms with Crippen LogP contribution >= 0.6 is 7.82 Å². The highest BCUT2D eigenvalue weighted by atomic mass is 31.2. The number of likely N-dealkylation sites (N-methyl/N-ethyl adjacent to an activating group) is 1. The first kappa shape index (κ1) is 50.0. The molecular formula is C42H84N2O6P+. The molecule has 0 aromatic rings. The summed E-state index contributed by atoms with van der Waals surface area (Å²) in [6.07, 6.45) is 39.5. The first-order valence-corrected chi connectivity index (χ1v) is 22.7. The van der Waals surface area contributed by atoms with Gasteiger partial charge in [-0.15, -0.1) is 0 Å². The lowest BCUT2D eigenvalue weighted by Gasteiger charge is -2.25. The smallest absolute Gasteiger partial charge is 0.387 e. The van der Waals surface area contributed by atoms with E-state index in [1.165, 1.54) is 116 Å². The third-order valence-electron chi connectivity index (χ3n) is 9.42. The number of carbonyl (C=O) groups is 1. The molecule has 0 spiro atoms. The van der Waals surface area contributed by atoms with Crippen LogP contribution in [0.4, 0.5) is 0 Å². The van der Waals surface area contributed by atoms with Crippen molar-refractivity contribution < 1.29 is 32.9 Å². The number of unbranched alkanes of at least 4 members (excludes halogenated alkanes) is 23. The zero-order chi connectivity index (χ0) is 37.9. The van der Waals surface area contributed by atoms with Crippen molar-refractivity contribution in [2.45, 2.75) is 199 Å². The number of allylic oxidation sites excluding steroid dienone is 3. The number of nitrogens with one attached hydrogen (secondary N) is 1. The number of carbonyl (C=O) groups excluding carboxylic acids is 1. The summed E-state index contributed by atoms with van der Waals surface area (Å²) in [6.45, 7) is 4.78. The normalized spacial score (nSPS) is 14.7. The van der Waals surface area contributed by atoms with Crippen molar-refractivity contribution in [1.29, 1.82) is 0 Å². The van der Waals surface area contributed by atoms with Crippen molar-refractivity contribution in [3.8, 4) is 0 Å². The highest BCUT2D eigenvalue weighted by Crippen LogP contribution is 2.43. The summed E-state index contributed by atoms with van der Waals surface area (Å²) in [7, 11) is 1.57. The quantitative estimate of drug-likeness (QED) is 0.0252. The molecule has 0 aliphatic heterocycles. The van der Waals surface area contributed by atoms with Crippen molar-refractivity contribution >= 4 is 13.7 Å². The molecule has 0 rings (SSSR count). The van der Waals surface area contributed by atoms with Crippen LogP contribution in [0.2, 0.25) is 0 Å². The first-order valence-electron chi connectivity index (χ1n) is 21.2. The van der Waals surface area contributed by atoms with E-state index in [0.29, 0.717) is 17.4 Å². The van der Waals surface area contributed by atoms with Gasteiger partial charge in [-0.1, -0.05) is 160 Å². The number of hydrogen-bond donors (Lipinski definition) is 3. The molecular weight excluding hydrogens is 659 g/mol. The molecule has 0 radical (unpaired) electrons. The number of aliphatic hydroxyl groups is 1. The van der Waals surface area contributed by atoms with Gasteiger partial charge in [-0.3, -0.25) is 13.8 Å². The van der Waals surface area contributed by atoms with Gasteiger partial charge in [-0.2, -0.15) is 0 Å². The average molecular weight is 744 g/mol. The molecule has 0 aromatic carbocycles. The third-order valence-corrected chi connectivity index (χ3v) is 10.4. The maximum atomic E-state index is 12.8. The average Bonchev–Trinajstić information content (AvgIpc) is 3.07. The van der Waals surface area contributed by atoms with Crippen LogP contribution in [-0.2, 0) is 18.4 Å². The van der Waals surface area contributed by atoms with E-state index >= 15 is 0 Å². The van der Waals surface area contributed by atoms with Crippen LogP contribution in [0.15, 0.2) is 24.3 Å². The van der Waals surface area contributed by atoms with Gasteiger partial charge in [0.05, 0.1) is 39.9 Å². The van der Waals surface area contributed by atoms with E-state index in [9.17, 15) is 19.4 Å². The van der Waals surface area contributed by atoms with Gasteiger partial charge in [0.25, 0.3) is 0 Å². The highest BCUT2D eigenvalue weighted by molar-refractivity contribution is 7.47. The number of quaternary nitrogens is 1. The molecule has 0 aromatic heterocycles. The molecule has 0 fully saturated rings. The molecule has 0 aliphatic rings. The van der Waals surface area contributed by atoms with Gasteiger partial charge in [0.15, 0.2) is 0 Å². The standard InChI is InChI=1S/C42H83N2O6P/c1-6-8-10-12-14-16-18-20-21-22-23-24-25-27-29-31-33-35-41(45)40(39-50-51(47,48)49-38-37-44(3,4)5)43-42(46)36-34-32-30-28-26-19-17-15-13-11-9-7-2/h15,17,33,35,40-41,45H,6-14,16,18-32,34,36-39H2,1-5H3,(H-,43,46,47,48)/p+1/b17-15-,35-33+. The van der Waals surface area contributed by atoms with Crippen molar-refractivity contribution in [3.63, 3.8) is 0 Å². The monoisotopic (exact) mass is 744 g/mol. The molecule has 0 saturated carbocycles.